The van der Waals surface area contributed by atoms with E-state index in [1.165, 1.54) is 5.56 Å². The first-order valence-corrected chi connectivity index (χ1v) is 9.61. The van der Waals surface area contributed by atoms with E-state index in [1.54, 1.807) is 29.7 Å². The van der Waals surface area contributed by atoms with Gasteiger partial charge in [0, 0.05) is 45.5 Å². The van der Waals surface area contributed by atoms with E-state index < -0.39 is 0 Å². The minimum Gasteiger partial charge on any atom is -0.345 e. The molecule has 144 valence electrons. The zero-order valence-corrected chi connectivity index (χ0v) is 16.4. The second-order valence-corrected chi connectivity index (χ2v) is 7.39. The molecule has 1 aliphatic rings. The zero-order valence-electron chi connectivity index (χ0n) is 16.4. The molecule has 27 heavy (non-hydrogen) atoms. The van der Waals surface area contributed by atoms with Crippen molar-refractivity contribution in [3.8, 4) is 0 Å². The van der Waals surface area contributed by atoms with Gasteiger partial charge >= 0.3 is 0 Å². The van der Waals surface area contributed by atoms with E-state index in [1.807, 2.05) is 42.3 Å². The monoisotopic (exact) mass is 368 g/mol. The fourth-order valence-electron chi connectivity index (χ4n) is 3.53. The maximum Gasteiger partial charge on any atom is 0.274 e. The van der Waals surface area contributed by atoms with Gasteiger partial charge in [0.1, 0.15) is 5.69 Å². The molecule has 2 amide bonds. The number of amides is 2. The average molecular weight is 368 g/mol. The van der Waals surface area contributed by atoms with Crippen molar-refractivity contribution in [1.29, 1.82) is 0 Å². The van der Waals surface area contributed by atoms with Gasteiger partial charge in [-0.3, -0.25) is 14.3 Å². The Hall–Kier alpha value is -2.63. The molecule has 0 spiro atoms. The van der Waals surface area contributed by atoms with E-state index in [0.717, 1.165) is 44.5 Å². The van der Waals surface area contributed by atoms with Crippen LogP contribution in [0.4, 0.5) is 0 Å². The first-order chi connectivity index (χ1) is 13.0. The van der Waals surface area contributed by atoms with E-state index in [-0.39, 0.29) is 11.8 Å². The van der Waals surface area contributed by atoms with Crippen molar-refractivity contribution < 1.29 is 9.59 Å². The zero-order chi connectivity index (χ0) is 19.4. The number of nitrogens with zero attached hydrogens (tertiary/aromatic N) is 4. The Kier molecular flexibility index (Phi) is 5.94. The standard InChI is InChI=1S/C21H28N4O2/c1-4-25-14-11-19(22-25)21(27)24-12-9-17(10-13-24)15-16-5-7-18(8-6-16)20(26)23(2)3/h5-8,11,14,17H,4,9-10,12-13,15H2,1-3H3. The van der Waals surface area contributed by atoms with Crippen molar-refractivity contribution in [2.24, 2.45) is 5.92 Å². The molecule has 2 heterocycles. The summed E-state index contributed by atoms with van der Waals surface area (Å²) in [4.78, 5) is 28.0. The van der Waals surface area contributed by atoms with Crippen molar-refractivity contribution in [3.05, 3.63) is 53.3 Å². The number of carbonyl (C=O) groups is 2. The highest BCUT2D eigenvalue weighted by atomic mass is 16.2. The van der Waals surface area contributed by atoms with Crippen LogP contribution in [-0.2, 0) is 13.0 Å². The fourth-order valence-corrected chi connectivity index (χ4v) is 3.53. The number of aromatic nitrogens is 2. The van der Waals surface area contributed by atoms with E-state index in [9.17, 15) is 9.59 Å². The molecule has 1 aromatic heterocycles. The normalized spacial score (nSPS) is 15.0. The molecule has 2 aromatic rings. The Bertz CT molecular complexity index is 787. The summed E-state index contributed by atoms with van der Waals surface area (Å²) in [5.41, 5.74) is 2.50. The van der Waals surface area contributed by atoms with Crippen LogP contribution in [0.1, 0.15) is 46.2 Å². The molecule has 1 aliphatic heterocycles. The number of benzene rings is 1. The summed E-state index contributed by atoms with van der Waals surface area (Å²) in [5.74, 6) is 0.628. The van der Waals surface area contributed by atoms with Crippen LogP contribution in [0.15, 0.2) is 36.5 Å². The van der Waals surface area contributed by atoms with Gasteiger partial charge in [0.25, 0.3) is 11.8 Å². The summed E-state index contributed by atoms with van der Waals surface area (Å²) >= 11 is 0. The Labute approximate surface area is 160 Å². The Morgan fingerprint density at radius 3 is 2.33 bits per heavy atom. The molecule has 0 N–H and O–H groups in total. The molecule has 0 atom stereocenters. The third kappa shape index (κ3) is 4.56. The summed E-state index contributed by atoms with van der Waals surface area (Å²) in [6, 6.07) is 9.70. The van der Waals surface area contributed by atoms with Gasteiger partial charge in [-0.25, -0.2) is 0 Å². The van der Waals surface area contributed by atoms with Crippen LogP contribution in [0.2, 0.25) is 0 Å². The van der Waals surface area contributed by atoms with E-state index in [2.05, 4.69) is 5.10 Å². The SMILES string of the molecule is CCn1ccc(C(=O)N2CCC(Cc3ccc(C(=O)N(C)C)cc3)CC2)n1. The Balaban J connectivity index is 1.52. The minimum atomic E-state index is 0.0267. The quantitative estimate of drug-likeness (QED) is 0.815. The summed E-state index contributed by atoms with van der Waals surface area (Å²) < 4.78 is 1.78. The van der Waals surface area contributed by atoms with Crippen LogP contribution >= 0.6 is 0 Å². The lowest BCUT2D eigenvalue weighted by Crippen LogP contribution is -2.39. The van der Waals surface area contributed by atoms with Gasteiger partial charge in [0.2, 0.25) is 0 Å². The number of hydrogen-bond donors (Lipinski definition) is 0. The van der Waals surface area contributed by atoms with Gasteiger partial charge in [-0.2, -0.15) is 5.10 Å². The van der Waals surface area contributed by atoms with Crippen LogP contribution in [0.3, 0.4) is 0 Å². The molecule has 3 rings (SSSR count). The van der Waals surface area contributed by atoms with Gasteiger partial charge in [0.05, 0.1) is 0 Å². The molecule has 0 radical (unpaired) electrons. The summed E-state index contributed by atoms with van der Waals surface area (Å²) in [5, 5.41) is 4.32. The lowest BCUT2D eigenvalue weighted by Gasteiger charge is -2.31. The van der Waals surface area contributed by atoms with Crippen LogP contribution in [-0.4, -0.2) is 58.6 Å². The van der Waals surface area contributed by atoms with Gasteiger partial charge in [-0.1, -0.05) is 12.1 Å². The molecule has 1 fully saturated rings. The molecule has 1 aromatic carbocycles. The van der Waals surface area contributed by atoms with Crippen molar-refractivity contribution in [2.45, 2.75) is 32.7 Å². The van der Waals surface area contributed by atoms with Crippen molar-refractivity contribution in [2.75, 3.05) is 27.2 Å². The summed E-state index contributed by atoms with van der Waals surface area (Å²) in [6.45, 7) is 4.34. The third-order valence-corrected chi connectivity index (χ3v) is 5.22. The summed E-state index contributed by atoms with van der Waals surface area (Å²) in [6.07, 6.45) is 4.84. The lowest BCUT2D eigenvalue weighted by atomic mass is 9.90. The highest BCUT2D eigenvalue weighted by Gasteiger charge is 2.25. The van der Waals surface area contributed by atoms with E-state index in [0.29, 0.717) is 11.6 Å². The second-order valence-electron chi connectivity index (χ2n) is 7.39. The van der Waals surface area contributed by atoms with Crippen LogP contribution < -0.4 is 0 Å². The molecular formula is C21H28N4O2. The van der Waals surface area contributed by atoms with E-state index >= 15 is 0 Å². The number of aryl methyl sites for hydroxylation is 1. The van der Waals surface area contributed by atoms with Crippen molar-refractivity contribution in [3.63, 3.8) is 0 Å². The Morgan fingerprint density at radius 2 is 1.78 bits per heavy atom. The molecular weight excluding hydrogens is 340 g/mol. The molecule has 0 unspecified atom stereocenters. The van der Waals surface area contributed by atoms with Gasteiger partial charge < -0.3 is 9.80 Å². The predicted molar refractivity (Wildman–Crippen MR) is 105 cm³/mol. The number of likely N-dealkylation sites (tertiary alicyclic amines) is 1. The van der Waals surface area contributed by atoms with Crippen LogP contribution in [0, 0.1) is 5.92 Å². The minimum absolute atomic E-state index is 0.0267. The average Bonchev–Trinajstić information content (AvgIpc) is 3.17. The molecule has 0 aliphatic carbocycles. The highest BCUT2D eigenvalue weighted by molar-refractivity contribution is 5.94. The van der Waals surface area contributed by atoms with Gasteiger partial charge in [-0.15, -0.1) is 0 Å². The number of piperidine rings is 1. The molecule has 6 heteroatoms. The van der Waals surface area contributed by atoms with Gasteiger partial charge in [-0.05, 0) is 55.9 Å². The smallest absolute Gasteiger partial charge is 0.274 e. The molecule has 1 saturated heterocycles. The maximum absolute atomic E-state index is 12.6. The van der Waals surface area contributed by atoms with Crippen LogP contribution in [0.25, 0.3) is 0 Å². The number of rotatable bonds is 5. The first-order valence-electron chi connectivity index (χ1n) is 9.61. The molecule has 0 saturated carbocycles. The highest BCUT2D eigenvalue weighted by Crippen LogP contribution is 2.23. The fraction of sp³-hybridized carbons (Fsp3) is 0.476. The van der Waals surface area contributed by atoms with Crippen LogP contribution in [0.5, 0.6) is 0 Å². The Morgan fingerprint density at radius 1 is 1.11 bits per heavy atom. The summed E-state index contributed by atoms with van der Waals surface area (Å²) in [7, 11) is 3.52. The second kappa shape index (κ2) is 8.37. The lowest BCUT2D eigenvalue weighted by molar-refractivity contribution is 0.0683. The van der Waals surface area contributed by atoms with Crippen molar-refractivity contribution in [1.82, 2.24) is 19.6 Å². The number of carbonyl (C=O) groups excluding carboxylic acids is 2. The van der Waals surface area contributed by atoms with Gasteiger partial charge in [0.15, 0.2) is 0 Å². The number of hydrogen-bond acceptors (Lipinski definition) is 3. The third-order valence-electron chi connectivity index (χ3n) is 5.22. The maximum atomic E-state index is 12.6. The topological polar surface area (TPSA) is 58.4 Å². The molecule has 0 bridgehead atoms. The van der Waals surface area contributed by atoms with Crippen molar-refractivity contribution >= 4 is 11.8 Å². The largest absolute Gasteiger partial charge is 0.345 e. The van der Waals surface area contributed by atoms with E-state index in [4.69, 9.17) is 0 Å². The predicted octanol–water partition coefficient (Wildman–Crippen LogP) is 2.70. The molecule has 6 nitrogen and oxygen atoms in total. The first kappa shape index (κ1) is 19.1.